The number of furan rings is 1. The molecule has 44 heavy (non-hydrogen) atoms. The van der Waals surface area contributed by atoms with Crippen molar-refractivity contribution in [2.24, 2.45) is 0 Å². The van der Waals surface area contributed by atoms with Crippen LogP contribution < -0.4 is 0 Å². The first kappa shape index (κ1) is 20.8. The lowest BCUT2D eigenvalue weighted by molar-refractivity contribution is 0.669. The van der Waals surface area contributed by atoms with Crippen molar-refractivity contribution in [1.82, 2.24) is 19.5 Å². The zero-order valence-electron chi connectivity index (χ0n) is 27.2. The van der Waals surface area contributed by atoms with Gasteiger partial charge in [0, 0.05) is 44.4 Å². The van der Waals surface area contributed by atoms with E-state index in [0.29, 0.717) is 56.1 Å². The molecule has 5 heteroatoms. The quantitative estimate of drug-likeness (QED) is 0.212. The summed E-state index contributed by atoms with van der Waals surface area (Å²) in [5, 5.41) is 3.13. The highest BCUT2D eigenvalue weighted by molar-refractivity contribution is 6.11. The van der Waals surface area contributed by atoms with Crippen molar-refractivity contribution in [3.63, 3.8) is 0 Å². The second kappa shape index (κ2) is 9.75. The number of para-hydroxylation sites is 3. The van der Waals surface area contributed by atoms with Crippen LogP contribution >= 0.6 is 0 Å². The maximum absolute atomic E-state index is 8.79. The predicted octanol–water partition coefficient (Wildman–Crippen LogP) is 9.87. The summed E-state index contributed by atoms with van der Waals surface area (Å²) in [6.45, 7) is 0. The van der Waals surface area contributed by atoms with Crippen LogP contribution in [0, 0.1) is 0 Å². The number of rotatable bonds is 4. The molecule has 5 nitrogen and oxygen atoms in total. The largest absolute Gasteiger partial charge is 0.455 e. The fourth-order valence-corrected chi connectivity index (χ4v) is 5.94. The van der Waals surface area contributed by atoms with E-state index < -0.39 is 0 Å². The van der Waals surface area contributed by atoms with Crippen LogP contribution in [0.2, 0.25) is 0 Å². The van der Waals surface area contributed by atoms with Gasteiger partial charge in [0.25, 0.3) is 0 Å². The summed E-state index contributed by atoms with van der Waals surface area (Å²) in [5.74, 6) is 1.61. The fourth-order valence-electron chi connectivity index (χ4n) is 5.94. The molecular weight excluding hydrogens is 540 g/mol. The first-order chi connectivity index (χ1) is 23.4. The molecule has 6 aromatic carbocycles. The van der Waals surface area contributed by atoms with E-state index in [0.717, 1.165) is 27.5 Å². The summed E-state index contributed by atoms with van der Waals surface area (Å²) in [5.41, 5.74) is 5.60. The van der Waals surface area contributed by atoms with Crippen LogP contribution in [0.15, 0.2) is 150 Å². The Labute approximate surface area is 258 Å². The van der Waals surface area contributed by atoms with E-state index in [9.17, 15) is 0 Å². The van der Waals surface area contributed by atoms with Gasteiger partial charge in [0.05, 0.1) is 22.1 Å². The van der Waals surface area contributed by atoms with E-state index in [-0.39, 0.29) is 24.2 Å². The number of aromatic nitrogens is 4. The van der Waals surface area contributed by atoms with Crippen molar-refractivity contribution >= 4 is 43.7 Å². The molecule has 0 atom stereocenters. The average molecular weight is 569 g/mol. The summed E-state index contributed by atoms with van der Waals surface area (Å²) in [6.07, 6.45) is 0. The van der Waals surface area contributed by atoms with E-state index in [2.05, 4.69) is 0 Å². The zero-order chi connectivity index (χ0) is 32.5. The minimum atomic E-state index is 0.171. The van der Waals surface area contributed by atoms with Gasteiger partial charge in [-0.25, -0.2) is 15.0 Å². The van der Waals surface area contributed by atoms with Gasteiger partial charge in [-0.05, 0) is 30.3 Å². The highest BCUT2D eigenvalue weighted by Gasteiger charge is 2.19. The van der Waals surface area contributed by atoms with Gasteiger partial charge in [0.15, 0.2) is 17.5 Å². The normalized spacial score (nSPS) is 12.9. The van der Waals surface area contributed by atoms with Gasteiger partial charge < -0.3 is 8.98 Å². The van der Waals surface area contributed by atoms with Gasteiger partial charge in [0.1, 0.15) is 11.2 Å². The Morgan fingerprint density at radius 1 is 0.523 bits per heavy atom. The molecule has 0 radical (unpaired) electrons. The monoisotopic (exact) mass is 568 g/mol. The lowest BCUT2D eigenvalue weighted by Crippen LogP contribution is -2.00. The summed E-state index contributed by atoms with van der Waals surface area (Å²) in [6, 6.07) is 38.6. The minimum absolute atomic E-state index is 0.171. The lowest BCUT2D eigenvalue weighted by atomic mass is 10.1. The minimum Gasteiger partial charge on any atom is -0.455 e. The van der Waals surface area contributed by atoms with Crippen LogP contribution in [-0.2, 0) is 0 Å². The number of hydrogen-bond acceptors (Lipinski definition) is 4. The Morgan fingerprint density at radius 3 is 1.77 bits per heavy atom. The summed E-state index contributed by atoms with van der Waals surface area (Å²) in [7, 11) is 0. The van der Waals surface area contributed by atoms with E-state index in [4.69, 9.17) is 24.9 Å². The van der Waals surface area contributed by atoms with Crippen LogP contribution in [0.3, 0.4) is 0 Å². The van der Waals surface area contributed by atoms with E-state index >= 15 is 0 Å². The van der Waals surface area contributed by atoms with Gasteiger partial charge in [0.2, 0.25) is 0 Å². The molecule has 0 aliphatic heterocycles. The van der Waals surface area contributed by atoms with Gasteiger partial charge in [-0.2, -0.15) is 0 Å². The maximum Gasteiger partial charge on any atom is 0.167 e. The number of hydrogen-bond donors (Lipinski definition) is 0. The molecule has 0 saturated carbocycles. The molecule has 0 fully saturated rings. The predicted molar refractivity (Wildman–Crippen MR) is 178 cm³/mol. The Hall–Kier alpha value is -6.07. The second-order valence-corrected chi connectivity index (χ2v) is 10.6. The highest BCUT2D eigenvalue weighted by Crippen LogP contribution is 2.38. The molecule has 3 heterocycles. The number of fused-ring (bicyclic) bond motifs is 6. The lowest BCUT2D eigenvalue weighted by Gasteiger charge is -2.08. The van der Waals surface area contributed by atoms with Crippen molar-refractivity contribution in [2.75, 3.05) is 0 Å². The highest BCUT2D eigenvalue weighted by atomic mass is 16.3. The fraction of sp³-hybridized carbons (Fsp3) is 0. The molecule has 206 valence electrons. The van der Waals surface area contributed by atoms with Crippen molar-refractivity contribution in [1.29, 1.82) is 0 Å². The summed E-state index contributed by atoms with van der Waals surface area (Å²) >= 11 is 0. The van der Waals surface area contributed by atoms with Crippen LogP contribution in [0.5, 0.6) is 0 Å². The molecule has 3 aromatic heterocycles. The zero-order valence-corrected chi connectivity index (χ0v) is 23.2. The van der Waals surface area contributed by atoms with Crippen molar-refractivity contribution < 1.29 is 9.90 Å². The molecule has 0 aliphatic carbocycles. The van der Waals surface area contributed by atoms with E-state index in [1.807, 2.05) is 102 Å². The van der Waals surface area contributed by atoms with Gasteiger partial charge in [-0.15, -0.1) is 0 Å². The third kappa shape index (κ3) is 3.83. The van der Waals surface area contributed by atoms with Crippen molar-refractivity contribution in [3.8, 4) is 39.9 Å². The van der Waals surface area contributed by atoms with Crippen LogP contribution in [-0.4, -0.2) is 19.5 Å². The third-order valence-electron chi connectivity index (χ3n) is 7.97. The molecule has 0 bridgehead atoms. The molecule has 9 rings (SSSR count). The SMILES string of the molecule is [2H]c1cc([2H])c2c(c1)c1cc([2H])cc([2H])c1n2-c1ccc2c(c1)oc1c(-c3nc(-c4ccccc4)nc(-c4ccccc4)n3)cccc12. The first-order valence-corrected chi connectivity index (χ1v) is 14.3. The average Bonchev–Trinajstić information content (AvgIpc) is 3.64. The second-order valence-electron chi connectivity index (χ2n) is 10.6. The standard InChI is InChI=1S/C39H24N4O/c1-3-12-25(13-4-1)37-40-38(26-14-5-2-6-15-26)42-39(41-37)32-19-11-18-31-30-23-22-27(24-35(30)44-36(31)32)43-33-20-9-7-16-28(33)29-17-8-10-21-34(29)43/h1-24H/i7D,8D,20D,21D. The van der Waals surface area contributed by atoms with Gasteiger partial charge in [-0.3, -0.25) is 0 Å². The van der Waals surface area contributed by atoms with Crippen LogP contribution in [0.1, 0.15) is 5.48 Å². The number of benzene rings is 6. The Kier molecular flexibility index (Phi) is 4.60. The molecule has 0 spiro atoms. The van der Waals surface area contributed by atoms with E-state index in [1.54, 1.807) is 12.1 Å². The molecule has 0 saturated heterocycles. The van der Waals surface area contributed by atoms with Crippen molar-refractivity contribution in [2.45, 2.75) is 0 Å². The summed E-state index contributed by atoms with van der Waals surface area (Å²) in [4.78, 5) is 14.7. The smallest absolute Gasteiger partial charge is 0.167 e. The Balaban J connectivity index is 1.27. The molecule has 0 amide bonds. The topological polar surface area (TPSA) is 56.7 Å². The maximum atomic E-state index is 8.79. The Morgan fingerprint density at radius 2 is 1.14 bits per heavy atom. The molecule has 0 aliphatic rings. The molecule has 0 N–H and O–H groups in total. The first-order valence-electron chi connectivity index (χ1n) is 16.3. The van der Waals surface area contributed by atoms with Crippen molar-refractivity contribution in [3.05, 3.63) is 145 Å². The van der Waals surface area contributed by atoms with Gasteiger partial charge in [-0.1, -0.05) is 109 Å². The summed E-state index contributed by atoms with van der Waals surface area (Å²) < 4.78 is 42.6. The molecular formula is C39H24N4O. The van der Waals surface area contributed by atoms with Crippen LogP contribution in [0.25, 0.3) is 83.6 Å². The Bertz CT molecular complexity index is 2600. The molecule has 9 aromatic rings. The number of nitrogens with zero attached hydrogens (tertiary/aromatic N) is 4. The molecule has 0 unspecified atom stereocenters. The third-order valence-corrected chi connectivity index (χ3v) is 7.97. The van der Waals surface area contributed by atoms with E-state index in [1.165, 1.54) is 12.1 Å². The van der Waals surface area contributed by atoms with Gasteiger partial charge >= 0.3 is 0 Å². The van der Waals surface area contributed by atoms with Crippen LogP contribution in [0.4, 0.5) is 0 Å².